The molecule has 0 spiro atoms. The first-order valence-electron chi connectivity index (χ1n) is 6.40. The quantitative estimate of drug-likeness (QED) is 0.782. The highest BCUT2D eigenvalue weighted by Gasteiger charge is 2.09. The Kier molecular flexibility index (Phi) is 6.54. The summed E-state index contributed by atoms with van der Waals surface area (Å²) in [6.45, 7) is 3.71. The lowest BCUT2D eigenvalue weighted by molar-refractivity contribution is 0.355. The number of ether oxygens (including phenoxy) is 2. The zero-order valence-electron chi connectivity index (χ0n) is 12.7. The molecule has 0 saturated carbocycles. The summed E-state index contributed by atoms with van der Waals surface area (Å²) in [7, 11) is 7.29. The number of hydrogen-bond acceptors (Lipinski definition) is 4. The zero-order chi connectivity index (χ0) is 15.1. The van der Waals surface area contributed by atoms with Crippen molar-refractivity contribution in [1.82, 2.24) is 10.2 Å². The molecule has 0 atom stereocenters. The van der Waals surface area contributed by atoms with Crippen LogP contribution in [0.1, 0.15) is 5.56 Å². The Balaban J connectivity index is 2.69. The van der Waals surface area contributed by atoms with Gasteiger partial charge in [-0.2, -0.15) is 0 Å². The summed E-state index contributed by atoms with van der Waals surface area (Å²) in [5, 5.41) is 6.94. The molecular weight excluding hydrogens is 274 g/mol. The van der Waals surface area contributed by atoms with E-state index in [0.29, 0.717) is 16.6 Å². The van der Waals surface area contributed by atoms with E-state index in [9.17, 15) is 0 Å². The lowest BCUT2D eigenvalue weighted by Crippen LogP contribution is -2.34. The molecule has 1 rings (SSSR count). The van der Waals surface area contributed by atoms with Crippen LogP contribution in [0.25, 0.3) is 0 Å². The maximum atomic E-state index is 5.29. The van der Waals surface area contributed by atoms with E-state index in [1.54, 1.807) is 14.2 Å². The van der Waals surface area contributed by atoms with E-state index >= 15 is 0 Å². The summed E-state index contributed by atoms with van der Waals surface area (Å²) < 4.78 is 10.6. The van der Waals surface area contributed by atoms with Gasteiger partial charge in [-0.25, -0.2) is 0 Å². The highest BCUT2D eigenvalue weighted by molar-refractivity contribution is 7.80. The predicted molar refractivity (Wildman–Crippen MR) is 87.1 cm³/mol. The lowest BCUT2D eigenvalue weighted by Gasteiger charge is -2.16. The van der Waals surface area contributed by atoms with E-state index < -0.39 is 0 Å². The fourth-order valence-electron chi connectivity index (χ4n) is 1.67. The zero-order valence-corrected chi connectivity index (χ0v) is 13.6. The van der Waals surface area contributed by atoms with E-state index in [1.165, 1.54) is 0 Å². The van der Waals surface area contributed by atoms with Crippen LogP contribution in [0.3, 0.4) is 0 Å². The Labute approximate surface area is 126 Å². The van der Waals surface area contributed by atoms with Crippen LogP contribution in [0.2, 0.25) is 0 Å². The summed E-state index contributed by atoms with van der Waals surface area (Å²) in [4.78, 5) is 2.09. The van der Waals surface area contributed by atoms with E-state index in [2.05, 4.69) is 15.5 Å². The SMILES string of the molecule is COc1cc(C)c(NC(=S)NCCN(C)C)cc1OC. The number of nitrogens with zero attached hydrogens (tertiary/aromatic N) is 1. The molecule has 2 N–H and O–H groups in total. The van der Waals surface area contributed by atoms with Gasteiger partial charge in [0.05, 0.1) is 14.2 Å². The molecule has 0 fully saturated rings. The monoisotopic (exact) mass is 297 g/mol. The average Bonchev–Trinajstić information content (AvgIpc) is 2.40. The van der Waals surface area contributed by atoms with Gasteiger partial charge in [0.15, 0.2) is 16.6 Å². The van der Waals surface area contributed by atoms with E-state index in [4.69, 9.17) is 21.7 Å². The molecule has 0 unspecified atom stereocenters. The van der Waals surface area contributed by atoms with Crippen LogP contribution in [0.5, 0.6) is 11.5 Å². The van der Waals surface area contributed by atoms with E-state index in [-0.39, 0.29) is 0 Å². The third-order valence-corrected chi connectivity index (χ3v) is 3.07. The number of aryl methyl sites for hydroxylation is 1. The van der Waals surface area contributed by atoms with Crippen molar-refractivity contribution in [3.05, 3.63) is 17.7 Å². The fourth-order valence-corrected chi connectivity index (χ4v) is 1.89. The van der Waals surface area contributed by atoms with Crippen LogP contribution in [0.4, 0.5) is 5.69 Å². The molecule has 0 bridgehead atoms. The molecule has 0 saturated heterocycles. The maximum absolute atomic E-state index is 5.29. The molecule has 6 heteroatoms. The minimum atomic E-state index is 0.599. The number of rotatable bonds is 6. The molecule has 112 valence electrons. The van der Waals surface area contributed by atoms with E-state index in [0.717, 1.165) is 24.3 Å². The van der Waals surface area contributed by atoms with Crippen LogP contribution < -0.4 is 20.1 Å². The van der Waals surface area contributed by atoms with Crippen molar-refractivity contribution < 1.29 is 9.47 Å². The van der Waals surface area contributed by atoms with Crippen molar-refractivity contribution in [3.8, 4) is 11.5 Å². The smallest absolute Gasteiger partial charge is 0.170 e. The third kappa shape index (κ3) is 4.86. The Hall–Kier alpha value is -1.53. The second-order valence-electron chi connectivity index (χ2n) is 4.71. The van der Waals surface area contributed by atoms with Crippen LogP contribution in [0.15, 0.2) is 12.1 Å². The van der Waals surface area contributed by atoms with Crippen molar-refractivity contribution in [2.45, 2.75) is 6.92 Å². The van der Waals surface area contributed by atoms with Gasteiger partial charge < -0.3 is 25.0 Å². The van der Waals surface area contributed by atoms with Gasteiger partial charge in [0.25, 0.3) is 0 Å². The van der Waals surface area contributed by atoms with E-state index in [1.807, 2.05) is 33.2 Å². The van der Waals surface area contributed by atoms with Gasteiger partial charge in [-0.15, -0.1) is 0 Å². The first-order chi connectivity index (χ1) is 9.47. The largest absolute Gasteiger partial charge is 0.493 e. The number of benzene rings is 1. The van der Waals surface area contributed by atoms with Crippen LogP contribution in [-0.2, 0) is 0 Å². The lowest BCUT2D eigenvalue weighted by atomic mass is 10.1. The Bertz CT molecular complexity index is 464. The van der Waals surface area contributed by atoms with Crippen molar-refractivity contribution >= 4 is 23.0 Å². The molecule has 20 heavy (non-hydrogen) atoms. The number of methoxy groups -OCH3 is 2. The average molecular weight is 297 g/mol. The van der Waals surface area contributed by atoms with Crippen LogP contribution in [0, 0.1) is 6.92 Å². The van der Waals surface area contributed by atoms with Crippen molar-refractivity contribution in [2.75, 3.05) is 46.7 Å². The number of anilines is 1. The van der Waals surface area contributed by atoms with Gasteiger partial charge in [-0.3, -0.25) is 0 Å². The molecule has 0 aromatic heterocycles. The summed E-state index contributed by atoms with van der Waals surface area (Å²) in [5.41, 5.74) is 1.95. The second-order valence-corrected chi connectivity index (χ2v) is 5.11. The molecule has 1 aromatic rings. The number of nitrogens with one attached hydrogen (secondary N) is 2. The number of likely N-dealkylation sites (N-methyl/N-ethyl adjacent to an activating group) is 1. The van der Waals surface area contributed by atoms with Crippen LogP contribution >= 0.6 is 12.2 Å². The topological polar surface area (TPSA) is 45.8 Å². The normalized spacial score (nSPS) is 10.3. The molecule has 0 heterocycles. The summed E-state index contributed by atoms with van der Waals surface area (Å²) in [5.74, 6) is 1.39. The second kappa shape index (κ2) is 7.91. The summed E-state index contributed by atoms with van der Waals surface area (Å²) >= 11 is 5.28. The maximum Gasteiger partial charge on any atom is 0.170 e. The molecule has 0 aliphatic rings. The van der Waals surface area contributed by atoms with Crippen LogP contribution in [-0.4, -0.2) is 51.4 Å². The molecule has 5 nitrogen and oxygen atoms in total. The Morgan fingerprint density at radius 3 is 2.35 bits per heavy atom. The van der Waals surface area contributed by atoms with Gasteiger partial charge in [0.2, 0.25) is 0 Å². The van der Waals surface area contributed by atoms with Gasteiger partial charge in [-0.1, -0.05) is 0 Å². The predicted octanol–water partition coefficient (Wildman–Crippen LogP) is 1.86. The molecule has 0 amide bonds. The van der Waals surface area contributed by atoms with Gasteiger partial charge >= 0.3 is 0 Å². The fraction of sp³-hybridized carbons (Fsp3) is 0.500. The van der Waals surface area contributed by atoms with Gasteiger partial charge in [0.1, 0.15) is 0 Å². The standard InChI is InChI=1S/C14H23N3O2S/c1-10-8-12(18-4)13(19-5)9-11(10)16-14(20)15-6-7-17(2)3/h8-9H,6-7H2,1-5H3,(H2,15,16,20). The first kappa shape index (κ1) is 16.5. The third-order valence-electron chi connectivity index (χ3n) is 2.82. The summed E-state index contributed by atoms with van der Waals surface area (Å²) in [6, 6.07) is 3.80. The van der Waals surface area contributed by atoms with Crippen molar-refractivity contribution in [1.29, 1.82) is 0 Å². The highest BCUT2D eigenvalue weighted by Crippen LogP contribution is 2.32. The molecule has 0 aliphatic carbocycles. The van der Waals surface area contributed by atoms with Crippen molar-refractivity contribution in [2.24, 2.45) is 0 Å². The molecule has 1 aromatic carbocycles. The first-order valence-corrected chi connectivity index (χ1v) is 6.81. The van der Waals surface area contributed by atoms with Crippen molar-refractivity contribution in [3.63, 3.8) is 0 Å². The summed E-state index contributed by atoms with van der Waals surface area (Å²) in [6.07, 6.45) is 0. The Morgan fingerprint density at radius 2 is 1.80 bits per heavy atom. The minimum Gasteiger partial charge on any atom is -0.493 e. The highest BCUT2D eigenvalue weighted by atomic mass is 32.1. The minimum absolute atomic E-state index is 0.599. The Morgan fingerprint density at radius 1 is 1.20 bits per heavy atom. The van der Waals surface area contributed by atoms with Gasteiger partial charge in [-0.05, 0) is 44.9 Å². The molecule has 0 radical (unpaired) electrons. The number of thiocarbonyl (C=S) groups is 1. The number of hydrogen-bond donors (Lipinski definition) is 2. The van der Waals surface area contributed by atoms with Gasteiger partial charge in [0, 0.05) is 24.8 Å². The molecule has 0 aliphatic heterocycles. The molecular formula is C14H23N3O2S.